The van der Waals surface area contributed by atoms with E-state index in [1.807, 2.05) is 36.4 Å². The van der Waals surface area contributed by atoms with Gasteiger partial charge in [-0.1, -0.05) is 30.3 Å². The van der Waals surface area contributed by atoms with E-state index >= 15 is 0 Å². The maximum atomic E-state index is 11.8. The molecule has 0 aromatic heterocycles. The van der Waals surface area contributed by atoms with Gasteiger partial charge in [-0.2, -0.15) is 5.26 Å². The molecular formula is C14H17N3O2. The fourth-order valence-electron chi connectivity index (χ4n) is 1.60. The van der Waals surface area contributed by atoms with Crippen molar-refractivity contribution in [2.24, 2.45) is 5.92 Å². The van der Waals surface area contributed by atoms with Gasteiger partial charge in [-0.15, -0.1) is 0 Å². The van der Waals surface area contributed by atoms with Gasteiger partial charge in [-0.3, -0.25) is 9.59 Å². The molecule has 0 saturated carbocycles. The highest BCUT2D eigenvalue weighted by Gasteiger charge is 2.18. The number of likely N-dealkylation sites (N-methyl/N-ethyl adjacent to an activating group) is 1. The van der Waals surface area contributed by atoms with Gasteiger partial charge < -0.3 is 10.6 Å². The lowest BCUT2D eigenvalue weighted by Gasteiger charge is -2.10. The van der Waals surface area contributed by atoms with Crippen molar-refractivity contribution in [1.82, 2.24) is 10.6 Å². The van der Waals surface area contributed by atoms with Gasteiger partial charge in [-0.25, -0.2) is 0 Å². The summed E-state index contributed by atoms with van der Waals surface area (Å²) in [5, 5.41) is 14.1. The monoisotopic (exact) mass is 259 g/mol. The number of rotatable bonds is 6. The first-order valence-electron chi connectivity index (χ1n) is 6.15. The second kappa shape index (κ2) is 7.88. The van der Waals surface area contributed by atoms with Crippen molar-refractivity contribution >= 4 is 11.8 Å². The Morgan fingerprint density at radius 1 is 1.26 bits per heavy atom. The number of benzene rings is 1. The Hall–Kier alpha value is -2.35. The SMILES string of the molecule is CCNC(=O)CNC(=O)C(C#N)Cc1ccccc1. The molecule has 0 radical (unpaired) electrons. The molecule has 1 atom stereocenters. The Balaban J connectivity index is 2.49. The van der Waals surface area contributed by atoms with Crippen LogP contribution in [0.3, 0.4) is 0 Å². The van der Waals surface area contributed by atoms with Crippen molar-refractivity contribution < 1.29 is 9.59 Å². The van der Waals surface area contributed by atoms with Gasteiger partial charge in [0.05, 0.1) is 12.6 Å². The lowest BCUT2D eigenvalue weighted by molar-refractivity contribution is -0.127. The van der Waals surface area contributed by atoms with Gasteiger partial charge in [-0.05, 0) is 18.9 Å². The molecule has 0 heterocycles. The van der Waals surface area contributed by atoms with Crippen LogP contribution in [0.5, 0.6) is 0 Å². The normalized spacial score (nSPS) is 11.2. The highest BCUT2D eigenvalue weighted by Crippen LogP contribution is 2.08. The summed E-state index contributed by atoms with van der Waals surface area (Å²) >= 11 is 0. The molecule has 0 fully saturated rings. The molecular weight excluding hydrogens is 242 g/mol. The molecule has 0 aliphatic carbocycles. The molecule has 0 aliphatic rings. The number of nitriles is 1. The van der Waals surface area contributed by atoms with E-state index in [-0.39, 0.29) is 12.5 Å². The largest absolute Gasteiger partial charge is 0.355 e. The minimum atomic E-state index is -0.781. The number of hydrogen-bond donors (Lipinski definition) is 2. The number of nitrogens with one attached hydrogen (secondary N) is 2. The third-order valence-corrected chi connectivity index (χ3v) is 2.55. The Labute approximate surface area is 112 Å². The Kier molecular flexibility index (Phi) is 6.10. The molecule has 0 saturated heterocycles. The molecule has 0 bridgehead atoms. The van der Waals surface area contributed by atoms with Crippen molar-refractivity contribution in [3.05, 3.63) is 35.9 Å². The zero-order valence-electron chi connectivity index (χ0n) is 10.8. The fraction of sp³-hybridized carbons (Fsp3) is 0.357. The summed E-state index contributed by atoms with van der Waals surface area (Å²) in [6.07, 6.45) is 0.346. The van der Waals surface area contributed by atoms with Gasteiger partial charge in [0.1, 0.15) is 5.92 Å². The van der Waals surface area contributed by atoms with E-state index in [0.29, 0.717) is 13.0 Å². The summed E-state index contributed by atoms with van der Waals surface area (Å²) in [5.74, 6) is -1.46. The summed E-state index contributed by atoms with van der Waals surface area (Å²) in [6, 6.07) is 11.3. The van der Waals surface area contributed by atoms with Crippen LogP contribution in [0.1, 0.15) is 12.5 Å². The van der Waals surface area contributed by atoms with Gasteiger partial charge in [0, 0.05) is 6.54 Å². The van der Waals surface area contributed by atoms with E-state index < -0.39 is 11.8 Å². The molecule has 5 nitrogen and oxygen atoms in total. The van der Waals surface area contributed by atoms with Gasteiger partial charge in [0.15, 0.2) is 0 Å². The first-order chi connectivity index (χ1) is 9.17. The molecule has 0 aliphatic heterocycles. The lowest BCUT2D eigenvalue weighted by atomic mass is 10.00. The van der Waals surface area contributed by atoms with Crippen molar-refractivity contribution in [3.8, 4) is 6.07 Å². The van der Waals surface area contributed by atoms with Crippen molar-refractivity contribution in [2.75, 3.05) is 13.1 Å². The summed E-state index contributed by atoms with van der Waals surface area (Å²) in [6.45, 7) is 2.22. The van der Waals surface area contributed by atoms with Crippen LogP contribution >= 0.6 is 0 Å². The Bertz CT molecular complexity index is 465. The predicted octanol–water partition coefficient (Wildman–Crippen LogP) is 0.621. The predicted molar refractivity (Wildman–Crippen MR) is 70.9 cm³/mol. The topological polar surface area (TPSA) is 82.0 Å². The summed E-state index contributed by atoms with van der Waals surface area (Å²) in [7, 11) is 0. The van der Waals surface area contributed by atoms with Crippen LogP contribution in [0.25, 0.3) is 0 Å². The van der Waals surface area contributed by atoms with Crippen LogP contribution in [0, 0.1) is 17.2 Å². The fourth-order valence-corrected chi connectivity index (χ4v) is 1.60. The second-order valence-electron chi connectivity index (χ2n) is 4.04. The van der Waals surface area contributed by atoms with Gasteiger partial charge >= 0.3 is 0 Å². The number of carbonyl (C=O) groups is 2. The molecule has 2 N–H and O–H groups in total. The van der Waals surface area contributed by atoms with Crippen molar-refractivity contribution in [2.45, 2.75) is 13.3 Å². The van der Waals surface area contributed by atoms with Crippen LogP contribution in [0.15, 0.2) is 30.3 Å². The smallest absolute Gasteiger partial charge is 0.239 e. The van der Waals surface area contributed by atoms with Gasteiger partial charge in [0.2, 0.25) is 11.8 Å². The first-order valence-corrected chi connectivity index (χ1v) is 6.15. The summed E-state index contributed by atoms with van der Waals surface area (Å²) in [4.78, 5) is 23.0. The standard InChI is InChI=1S/C14H17N3O2/c1-2-16-13(18)10-17-14(19)12(9-15)8-11-6-4-3-5-7-11/h3-7,12H,2,8,10H2,1H3,(H,16,18)(H,17,19). The molecule has 0 spiro atoms. The molecule has 19 heavy (non-hydrogen) atoms. The van der Waals surface area contributed by atoms with Crippen LogP contribution in [0.2, 0.25) is 0 Å². The average Bonchev–Trinajstić information content (AvgIpc) is 2.43. The number of hydrogen-bond acceptors (Lipinski definition) is 3. The van der Waals surface area contributed by atoms with E-state index in [1.54, 1.807) is 6.92 Å². The first kappa shape index (κ1) is 14.7. The van der Waals surface area contributed by atoms with Gasteiger partial charge in [0.25, 0.3) is 0 Å². The minimum absolute atomic E-state index is 0.0976. The highest BCUT2D eigenvalue weighted by atomic mass is 16.2. The second-order valence-corrected chi connectivity index (χ2v) is 4.04. The zero-order chi connectivity index (χ0) is 14.1. The van der Waals surface area contributed by atoms with E-state index in [9.17, 15) is 9.59 Å². The van der Waals surface area contributed by atoms with E-state index in [0.717, 1.165) is 5.56 Å². The molecule has 2 amide bonds. The molecule has 1 aromatic rings. The number of nitrogens with zero attached hydrogens (tertiary/aromatic N) is 1. The number of amides is 2. The third kappa shape index (κ3) is 5.21. The maximum Gasteiger partial charge on any atom is 0.239 e. The molecule has 100 valence electrons. The summed E-state index contributed by atoms with van der Waals surface area (Å²) in [5.41, 5.74) is 0.919. The molecule has 1 aromatic carbocycles. The Morgan fingerprint density at radius 2 is 1.95 bits per heavy atom. The van der Waals surface area contributed by atoms with Crippen LogP contribution in [0.4, 0.5) is 0 Å². The quantitative estimate of drug-likeness (QED) is 0.785. The maximum absolute atomic E-state index is 11.8. The van der Waals surface area contributed by atoms with E-state index in [1.165, 1.54) is 0 Å². The lowest BCUT2D eigenvalue weighted by Crippen LogP contribution is -2.39. The third-order valence-electron chi connectivity index (χ3n) is 2.55. The average molecular weight is 259 g/mol. The molecule has 5 heteroatoms. The van der Waals surface area contributed by atoms with Crippen molar-refractivity contribution in [1.29, 1.82) is 5.26 Å². The zero-order valence-corrected chi connectivity index (χ0v) is 10.8. The Morgan fingerprint density at radius 3 is 2.53 bits per heavy atom. The number of carbonyl (C=O) groups excluding carboxylic acids is 2. The van der Waals surface area contributed by atoms with E-state index in [4.69, 9.17) is 5.26 Å². The summed E-state index contributed by atoms with van der Waals surface area (Å²) < 4.78 is 0. The minimum Gasteiger partial charge on any atom is -0.355 e. The highest BCUT2D eigenvalue weighted by molar-refractivity contribution is 5.87. The molecule has 1 unspecified atom stereocenters. The van der Waals surface area contributed by atoms with Crippen LogP contribution in [-0.4, -0.2) is 24.9 Å². The van der Waals surface area contributed by atoms with Crippen LogP contribution < -0.4 is 10.6 Å². The van der Waals surface area contributed by atoms with E-state index in [2.05, 4.69) is 10.6 Å². The molecule has 1 rings (SSSR count). The van der Waals surface area contributed by atoms with Crippen molar-refractivity contribution in [3.63, 3.8) is 0 Å². The van der Waals surface area contributed by atoms with Crippen LogP contribution in [-0.2, 0) is 16.0 Å².